The standard InChI is InChI=1S/C22H21BrN2O6S/c1-4-31-17-10-13(9-14(23)20(17)30-3)11-18-21(27)25(22(28)32-18)12-19(26)24-15-7-5-6-8-16(15)29-2/h5-11H,4,12H2,1-3H3,(H,24,26)/b18-11+. The second-order valence-electron chi connectivity index (χ2n) is 6.48. The lowest BCUT2D eigenvalue weighted by atomic mass is 10.2. The van der Waals surface area contributed by atoms with Crippen molar-refractivity contribution in [3.63, 3.8) is 0 Å². The van der Waals surface area contributed by atoms with Crippen molar-refractivity contribution in [1.82, 2.24) is 4.90 Å². The number of methoxy groups -OCH3 is 2. The van der Waals surface area contributed by atoms with Gasteiger partial charge in [0.15, 0.2) is 11.5 Å². The van der Waals surface area contributed by atoms with Gasteiger partial charge in [0, 0.05) is 0 Å². The van der Waals surface area contributed by atoms with E-state index in [9.17, 15) is 14.4 Å². The van der Waals surface area contributed by atoms with Gasteiger partial charge >= 0.3 is 0 Å². The highest BCUT2D eigenvalue weighted by Gasteiger charge is 2.36. The van der Waals surface area contributed by atoms with Crippen LogP contribution in [0.4, 0.5) is 10.5 Å². The first-order chi connectivity index (χ1) is 15.4. The maximum atomic E-state index is 12.8. The van der Waals surface area contributed by atoms with E-state index in [1.807, 2.05) is 6.92 Å². The molecule has 10 heteroatoms. The summed E-state index contributed by atoms with van der Waals surface area (Å²) in [5.41, 5.74) is 1.10. The smallest absolute Gasteiger partial charge is 0.294 e. The van der Waals surface area contributed by atoms with E-state index in [1.165, 1.54) is 14.2 Å². The van der Waals surface area contributed by atoms with Gasteiger partial charge in [-0.05, 0) is 70.5 Å². The topological polar surface area (TPSA) is 94.2 Å². The van der Waals surface area contributed by atoms with Gasteiger partial charge in [-0.1, -0.05) is 12.1 Å². The summed E-state index contributed by atoms with van der Waals surface area (Å²) in [4.78, 5) is 38.8. The number of halogens is 1. The monoisotopic (exact) mass is 520 g/mol. The lowest BCUT2D eigenvalue weighted by Crippen LogP contribution is -2.36. The number of amides is 3. The number of carbonyl (C=O) groups is 3. The van der Waals surface area contributed by atoms with Crippen LogP contribution >= 0.6 is 27.7 Å². The first kappa shape index (κ1) is 23.7. The Hall–Kier alpha value is -2.98. The molecule has 0 unspecified atom stereocenters. The zero-order valence-electron chi connectivity index (χ0n) is 17.6. The Morgan fingerprint density at radius 2 is 1.91 bits per heavy atom. The van der Waals surface area contributed by atoms with Gasteiger partial charge in [0.05, 0.1) is 35.9 Å². The first-order valence-corrected chi connectivity index (χ1v) is 11.2. The van der Waals surface area contributed by atoms with E-state index in [0.29, 0.717) is 39.6 Å². The summed E-state index contributed by atoms with van der Waals surface area (Å²) in [6, 6.07) is 10.3. The normalized spacial score (nSPS) is 14.6. The van der Waals surface area contributed by atoms with Crippen LogP contribution in [0.25, 0.3) is 6.08 Å². The molecule has 3 amide bonds. The van der Waals surface area contributed by atoms with Crippen LogP contribution in [-0.4, -0.2) is 49.3 Å². The molecule has 1 N–H and O–H groups in total. The Morgan fingerprint density at radius 3 is 2.59 bits per heavy atom. The lowest BCUT2D eigenvalue weighted by molar-refractivity contribution is -0.127. The van der Waals surface area contributed by atoms with Crippen LogP contribution < -0.4 is 19.5 Å². The van der Waals surface area contributed by atoms with Crippen molar-refractivity contribution in [2.24, 2.45) is 0 Å². The van der Waals surface area contributed by atoms with E-state index >= 15 is 0 Å². The van der Waals surface area contributed by atoms with Crippen LogP contribution in [-0.2, 0) is 9.59 Å². The zero-order valence-corrected chi connectivity index (χ0v) is 20.0. The van der Waals surface area contributed by atoms with Crippen LogP contribution in [0.15, 0.2) is 45.8 Å². The molecule has 1 aliphatic rings. The quantitative estimate of drug-likeness (QED) is 0.510. The minimum atomic E-state index is -0.542. The van der Waals surface area contributed by atoms with Gasteiger partial charge in [-0.25, -0.2) is 0 Å². The van der Waals surface area contributed by atoms with Crippen molar-refractivity contribution in [3.8, 4) is 17.2 Å². The molecule has 0 spiro atoms. The SMILES string of the molecule is CCOc1cc(/C=C2/SC(=O)N(CC(=O)Nc3ccccc3OC)C2=O)cc(Br)c1OC. The number of imide groups is 1. The summed E-state index contributed by atoms with van der Waals surface area (Å²) in [6.07, 6.45) is 1.58. The molecule has 0 aromatic heterocycles. The second kappa shape index (κ2) is 10.6. The van der Waals surface area contributed by atoms with Gasteiger partial charge < -0.3 is 19.5 Å². The van der Waals surface area contributed by atoms with E-state index in [0.717, 1.165) is 16.7 Å². The number of para-hydroxylation sites is 2. The average Bonchev–Trinajstić information content (AvgIpc) is 3.01. The predicted octanol–water partition coefficient (Wildman–Crippen LogP) is 4.54. The Labute approximate surface area is 198 Å². The van der Waals surface area contributed by atoms with Crippen LogP contribution in [0, 0.1) is 0 Å². The largest absolute Gasteiger partial charge is 0.495 e. The molecule has 8 nitrogen and oxygen atoms in total. The molecular formula is C22H21BrN2O6S. The number of hydrogen-bond donors (Lipinski definition) is 1. The molecule has 168 valence electrons. The molecule has 2 aromatic carbocycles. The van der Waals surface area contributed by atoms with Gasteiger partial charge in [0.2, 0.25) is 5.91 Å². The van der Waals surface area contributed by atoms with Gasteiger partial charge in [0.25, 0.3) is 11.1 Å². The lowest BCUT2D eigenvalue weighted by Gasteiger charge is -2.14. The highest BCUT2D eigenvalue weighted by Crippen LogP contribution is 2.39. The van der Waals surface area contributed by atoms with E-state index in [1.54, 1.807) is 42.5 Å². The third-order valence-corrected chi connectivity index (χ3v) is 5.89. The molecule has 1 heterocycles. The predicted molar refractivity (Wildman–Crippen MR) is 126 cm³/mol. The molecule has 0 atom stereocenters. The molecule has 1 fully saturated rings. The first-order valence-electron chi connectivity index (χ1n) is 9.56. The minimum Gasteiger partial charge on any atom is -0.495 e. The number of nitrogens with zero attached hydrogens (tertiary/aromatic N) is 1. The van der Waals surface area contributed by atoms with Crippen molar-refractivity contribution in [2.75, 3.05) is 32.7 Å². The Morgan fingerprint density at radius 1 is 1.16 bits per heavy atom. The third kappa shape index (κ3) is 5.25. The number of hydrogen-bond acceptors (Lipinski definition) is 7. The summed E-state index contributed by atoms with van der Waals surface area (Å²) in [5.74, 6) is 0.463. The fourth-order valence-electron chi connectivity index (χ4n) is 3.00. The molecule has 0 radical (unpaired) electrons. The van der Waals surface area contributed by atoms with E-state index in [-0.39, 0.29) is 4.91 Å². The molecule has 0 bridgehead atoms. The highest BCUT2D eigenvalue weighted by molar-refractivity contribution is 9.10. The Bertz CT molecular complexity index is 1090. The van der Waals surface area contributed by atoms with Crippen LogP contribution in [0.3, 0.4) is 0 Å². The molecule has 32 heavy (non-hydrogen) atoms. The molecule has 1 saturated heterocycles. The van der Waals surface area contributed by atoms with Crippen molar-refractivity contribution in [2.45, 2.75) is 6.92 Å². The fraction of sp³-hybridized carbons (Fsp3) is 0.227. The van der Waals surface area contributed by atoms with Crippen molar-refractivity contribution in [3.05, 3.63) is 51.3 Å². The summed E-state index contributed by atoms with van der Waals surface area (Å²) < 4.78 is 16.8. The number of carbonyl (C=O) groups excluding carboxylic acids is 3. The summed E-state index contributed by atoms with van der Waals surface area (Å²) in [6.45, 7) is 1.88. The van der Waals surface area contributed by atoms with Gasteiger partial charge in [-0.3, -0.25) is 19.3 Å². The zero-order chi connectivity index (χ0) is 23.3. The summed E-state index contributed by atoms with van der Waals surface area (Å²) in [7, 11) is 3.02. The van der Waals surface area contributed by atoms with Gasteiger partial charge in [0.1, 0.15) is 12.3 Å². The number of benzene rings is 2. The Balaban J connectivity index is 1.77. The van der Waals surface area contributed by atoms with Gasteiger partial charge in [-0.15, -0.1) is 0 Å². The fourth-order valence-corrected chi connectivity index (χ4v) is 4.46. The highest BCUT2D eigenvalue weighted by atomic mass is 79.9. The molecule has 2 aromatic rings. The molecule has 1 aliphatic heterocycles. The minimum absolute atomic E-state index is 0.208. The molecule has 0 aliphatic carbocycles. The third-order valence-electron chi connectivity index (χ3n) is 4.39. The van der Waals surface area contributed by atoms with Crippen LogP contribution in [0.1, 0.15) is 12.5 Å². The second-order valence-corrected chi connectivity index (χ2v) is 8.33. The van der Waals surface area contributed by atoms with Crippen molar-refractivity contribution >= 4 is 56.5 Å². The van der Waals surface area contributed by atoms with E-state index in [4.69, 9.17) is 14.2 Å². The summed E-state index contributed by atoms with van der Waals surface area (Å²) >= 11 is 4.20. The van der Waals surface area contributed by atoms with Crippen LogP contribution in [0.5, 0.6) is 17.2 Å². The van der Waals surface area contributed by atoms with E-state index in [2.05, 4.69) is 21.2 Å². The molecule has 0 saturated carbocycles. The average molecular weight is 521 g/mol. The Kier molecular flexibility index (Phi) is 7.81. The number of thioether (sulfide) groups is 1. The van der Waals surface area contributed by atoms with E-state index < -0.39 is 23.6 Å². The number of ether oxygens (including phenoxy) is 3. The van der Waals surface area contributed by atoms with Crippen molar-refractivity contribution < 1.29 is 28.6 Å². The van der Waals surface area contributed by atoms with Crippen LogP contribution in [0.2, 0.25) is 0 Å². The molecule has 3 rings (SSSR count). The molecular weight excluding hydrogens is 500 g/mol. The van der Waals surface area contributed by atoms with Crippen molar-refractivity contribution in [1.29, 1.82) is 0 Å². The number of anilines is 1. The maximum absolute atomic E-state index is 12.8. The van der Waals surface area contributed by atoms with Gasteiger partial charge in [-0.2, -0.15) is 0 Å². The summed E-state index contributed by atoms with van der Waals surface area (Å²) in [5, 5.41) is 2.14. The number of nitrogens with one attached hydrogen (secondary N) is 1. The number of rotatable bonds is 8. The maximum Gasteiger partial charge on any atom is 0.294 e.